The van der Waals surface area contributed by atoms with Gasteiger partial charge in [0.05, 0.1) is 11.0 Å². The molecule has 0 spiro atoms. The molecule has 0 amide bonds. The van der Waals surface area contributed by atoms with Crippen LogP contribution in [0.15, 0.2) is 140 Å². The summed E-state index contributed by atoms with van der Waals surface area (Å²) in [6, 6.07) is 49.1. The van der Waals surface area contributed by atoms with E-state index in [0.29, 0.717) is 0 Å². The SMILES string of the molecule is c1ccc([Si](c2ccccc2)(c2ccccc2)c2cn3c4ccccc4c4cccc2c43)cc1. The predicted molar refractivity (Wildman–Crippen MR) is 147 cm³/mol. The number of fused-ring (bicyclic) bond motifs is 3. The summed E-state index contributed by atoms with van der Waals surface area (Å²) in [5, 5.41) is 9.68. The zero-order valence-corrected chi connectivity index (χ0v) is 19.7. The molecule has 1 nitrogen and oxygen atoms in total. The molecule has 0 radical (unpaired) electrons. The molecule has 0 atom stereocenters. The Kier molecular flexibility index (Phi) is 4.23. The molecule has 160 valence electrons. The number of benzene rings is 5. The zero-order valence-electron chi connectivity index (χ0n) is 18.7. The number of hydrogen-bond donors (Lipinski definition) is 0. The van der Waals surface area contributed by atoms with Gasteiger partial charge in [-0.3, -0.25) is 0 Å². The molecular weight excluding hydrogens is 426 g/mol. The van der Waals surface area contributed by atoms with Gasteiger partial charge in [0, 0.05) is 22.4 Å². The maximum Gasteiger partial charge on any atom is 0.181 e. The van der Waals surface area contributed by atoms with Crippen LogP contribution >= 0.6 is 0 Å². The third kappa shape index (κ3) is 2.54. The summed E-state index contributed by atoms with van der Waals surface area (Å²) in [6.45, 7) is 0. The molecule has 2 heteroatoms. The van der Waals surface area contributed by atoms with E-state index in [0.717, 1.165) is 0 Å². The van der Waals surface area contributed by atoms with Crippen LogP contribution in [0.25, 0.3) is 27.2 Å². The van der Waals surface area contributed by atoms with Gasteiger partial charge in [-0.1, -0.05) is 127 Å². The van der Waals surface area contributed by atoms with Crippen LogP contribution in [0.4, 0.5) is 0 Å². The second-order valence-electron chi connectivity index (χ2n) is 8.98. The Bertz CT molecular complexity index is 1640. The van der Waals surface area contributed by atoms with Crippen LogP contribution in [0.3, 0.4) is 0 Å². The molecule has 7 rings (SSSR count). The van der Waals surface area contributed by atoms with E-state index >= 15 is 0 Å². The molecule has 5 aromatic carbocycles. The summed E-state index contributed by atoms with van der Waals surface area (Å²) in [7, 11) is -2.57. The van der Waals surface area contributed by atoms with Crippen LogP contribution in [0, 0.1) is 0 Å². The van der Waals surface area contributed by atoms with Crippen molar-refractivity contribution in [2.45, 2.75) is 0 Å². The van der Waals surface area contributed by atoms with Crippen molar-refractivity contribution < 1.29 is 0 Å². The highest BCUT2D eigenvalue weighted by Crippen LogP contribution is 2.32. The van der Waals surface area contributed by atoms with Crippen molar-refractivity contribution in [1.82, 2.24) is 4.40 Å². The van der Waals surface area contributed by atoms with Gasteiger partial charge in [0.25, 0.3) is 0 Å². The van der Waals surface area contributed by atoms with Gasteiger partial charge in [-0.25, -0.2) is 0 Å². The van der Waals surface area contributed by atoms with Crippen LogP contribution in [0.2, 0.25) is 0 Å². The Morgan fingerprint density at radius 3 is 1.47 bits per heavy atom. The average molecular weight is 450 g/mol. The molecule has 0 unspecified atom stereocenters. The molecule has 0 fully saturated rings. The summed E-state index contributed by atoms with van der Waals surface area (Å²) < 4.78 is 2.44. The summed E-state index contributed by atoms with van der Waals surface area (Å²) >= 11 is 0. The normalized spacial score (nSPS) is 12.1. The number of hydrogen-bond acceptors (Lipinski definition) is 0. The van der Waals surface area contributed by atoms with E-state index in [1.807, 2.05) is 0 Å². The fourth-order valence-electron chi connectivity index (χ4n) is 5.93. The second kappa shape index (κ2) is 7.44. The molecule has 2 aromatic heterocycles. The molecule has 0 saturated heterocycles. The maximum absolute atomic E-state index is 2.57. The molecule has 0 saturated carbocycles. The van der Waals surface area contributed by atoms with E-state index in [9.17, 15) is 0 Å². The minimum absolute atomic E-state index is 1.28. The Morgan fingerprint density at radius 2 is 0.882 bits per heavy atom. The first kappa shape index (κ1) is 19.3. The molecule has 0 aliphatic carbocycles. The van der Waals surface area contributed by atoms with E-state index in [-0.39, 0.29) is 0 Å². The fraction of sp³-hybridized carbons (Fsp3) is 0. The maximum atomic E-state index is 2.44. The summed E-state index contributed by atoms with van der Waals surface area (Å²) in [5.41, 5.74) is 2.61. The third-order valence-corrected chi connectivity index (χ3v) is 12.1. The first-order chi connectivity index (χ1) is 16.9. The van der Waals surface area contributed by atoms with E-state index < -0.39 is 8.07 Å². The minimum atomic E-state index is -2.57. The van der Waals surface area contributed by atoms with Gasteiger partial charge in [0.2, 0.25) is 0 Å². The average Bonchev–Trinajstić information content (AvgIpc) is 3.46. The Morgan fingerprint density at radius 1 is 0.412 bits per heavy atom. The van der Waals surface area contributed by atoms with Crippen LogP contribution in [0.1, 0.15) is 0 Å². The summed E-state index contributed by atoms with van der Waals surface area (Å²) in [4.78, 5) is 0. The van der Waals surface area contributed by atoms with E-state index in [1.165, 1.54) is 47.9 Å². The van der Waals surface area contributed by atoms with Crippen molar-refractivity contribution in [2.24, 2.45) is 0 Å². The highest BCUT2D eigenvalue weighted by atomic mass is 28.3. The van der Waals surface area contributed by atoms with E-state index in [2.05, 4.69) is 144 Å². The summed E-state index contributed by atoms with van der Waals surface area (Å²) in [6.07, 6.45) is 2.44. The van der Waals surface area contributed by atoms with Gasteiger partial charge in [-0.15, -0.1) is 0 Å². The number of nitrogens with zero attached hydrogens (tertiary/aromatic N) is 1. The monoisotopic (exact) mass is 449 g/mol. The summed E-state index contributed by atoms with van der Waals surface area (Å²) in [5.74, 6) is 0. The van der Waals surface area contributed by atoms with Crippen molar-refractivity contribution in [3.05, 3.63) is 140 Å². The van der Waals surface area contributed by atoms with Gasteiger partial charge in [0.1, 0.15) is 0 Å². The highest BCUT2D eigenvalue weighted by molar-refractivity contribution is 7.20. The minimum Gasteiger partial charge on any atom is -0.315 e. The molecule has 0 N–H and O–H groups in total. The molecule has 0 aliphatic rings. The van der Waals surface area contributed by atoms with Crippen LogP contribution in [-0.2, 0) is 0 Å². The van der Waals surface area contributed by atoms with E-state index in [1.54, 1.807) is 0 Å². The molecular formula is C32H23NSi. The van der Waals surface area contributed by atoms with Crippen molar-refractivity contribution in [3.8, 4) is 0 Å². The van der Waals surface area contributed by atoms with E-state index in [4.69, 9.17) is 0 Å². The Balaban J connectivity index is 1.71. The van der Waals surface area contributed by atoms with Crippen LogP contribution in [-0.4, -0.2) is 12.5 Å². The topological polar surface area (TPSA) is 4.41 Å². The molecule has 2 heterocycles. The number of para-hydroxylation sites is 2. The molecule has 7 aromatic rings. The van der Waals surface area contributed by atoms with Crippen LogP contribution < -0.4 is 20.7 Å². The predicted octanol–water partition coefficient (Wildman–Crippen LogP) is 5.06. The standard InChI is InChI=1S/C32H23NSi/c1-4-13-24(14-5-1)34(25-15-6-2-7-16-25,26-17-8-3-9-18-26)31-23-33-30-22-11-10-19-27(30)28-20-12-21-29(31)32(28)33/h1-23H. The lowest BCUT2D eigenvalue weighted by Gasteiger charge is -2.33. The van der Waals surface area contributed by atoms with Gasteiger partial charge < -0.3 is 4.40 Å². The van der Waals surface area contributed by atoms with Crippen molar-refractivity contribution in [2.75, 3.05) is 0 Å². The van der Waals surface area contributed by atoms with Crippen molar-refractivity contribution in [1.29, 1.82) is 0 Å². The van der Waals surface area contributed by atoms with Crippen LogP contribution in [0.5, 0.6) is 0 Å². The molecule has 0 aliphatic heterocycles. The lowest BCUT2D eigenvalue weighted by atomic mass is 10.1. The lowest BCUT2D eigenvalue weighted by Crippen LogP contribution is -2.74. The third-order valence-electron chi connectivity index (χ3n) is 7.30. The van der Waals surface area contributed by atoms with Gasteiger partial charge in [0.15, 0.2) is 8.07 Å². The van der Waals surface area contributed by atoms with Gasteiger partial charge in [-0.2, -0.15) is 0 Å². The lowest BCUT2D eigenvalue weighted by molar-refractivity contribution is 1.31. The van der Waals surface area contributed by atoms with Crippen molar-refractivity contribution in [3.63, 3.8) is 0 Å². The van der Waals surface area contributed by atoms with Crippen molar-refractivity contribution >= 4 is 56.0 Å². The fourth-order valence-corrected chi connectivity index (χ4v) is 10.9. The van der Waals surface area contributed by atoms with Gasteiger partial charge >= 0.3 is 0 Å². The smallest absolute Gasteiger partial charge is 0.181 e. The quantitative estimate of drug-likeness (QED) is 0.261. The Labute approximate surface area is 199 Å². The van der Waals surface area contributed by atoms with Gasteiger partial charge in [-0.05, 0) is 26.8 Å². The first-order valence-corrected chi connectivity index (χ1v) is 13.8. The molecule has 34 heavy (non-hydrogen) atoms. The number of aromatic nitrogens is 1. The first-order valence-electron chi connectivity index (χ1n) is 11.8. The zero-order chi connectivity index (χ0) is 22.5. The largest absolute Gasteiger partial charge is 0.315 e. The number of rotatable bonds is 4. The molecule has 0 bridgehead atoms. The highest BCUT2D eigenvalue weighted by Gasteiger charge is 2.43. The second-order valence-corrected chi connectivity index (χ2v) is 12.8. The Hall–Kier alpha value is -4.14.